The number of aliphatic carboxylic acids is 1. The van der Waals surface area contributed by atoms with Gasteiger partial charge in [0.25, 0.3) is 0 Å². The summed E-state index contributed by atoms with van der Waals surface area (Å²) in [5.41, 5.74) is -0.719. The molecule has 2 amide bonds. The number of rotatable bonds is 5. The first-order valence-electron chi connectivity index (χ1n) is 5.85. The standard InChI is InChI=1S/C12H16N2O3S/c1-8(9-3-2-6-18-9)14-11(17)13-7-12(4-5-12)10(15)16/h2-3,6,8H,4-5,7H2,1H3,(H,15,16)(H2,13,14,17). The minimum Gasteiger partial charge on any atom is -0.481 e. The number of hydrogen-bond donors (Lipinski definition) is 3. The second kappa shape index (κ2) is 4.97. The highest BCUT2D eigenvalue weighted by Crippen LogP contribution is 2.45. The summed E-state index contributed by atoms with van der Waals surface area (Å²) in [6.45, 7) is 2.10. The molecule has 1 heterocycles. The highest BCUT2D eigenvalue weighted by Gasteiger charge is 2.50. The molecule has 1 aromatic heterocycles. The number of carbonyl (C=O) groups is 2. The average molecular weight is 268 g/mol. The summed E-state index contributed by atoms with van der Waals surface area (Å²) < 4.78 is 0. The quantitative estimate of drug-likeness (QED) is 0.764. The maximum Gasteiger partial charge on any atom is 0.315 e. The Bertz CT molecular complexity index is 440. The largest absolute Gasteiger partial charge is 0.481 e. The van der Waals surface area contributed by atoms with Crippen LogP contribution < -0.4 is 10.6 Å². The van der Waals surface area contributed by atoms with Crippen molar-refractivity contribution in [2.75, 3.05) is 6.54 Å². The summed E-state index contributed by atoms with van der Waals surface area (Å²) in [5.74, 6) is -0.825. The third-order valence-corrected chi connectivity index (χ3v) is 4.27. The van der Waals surface area contributed by atoms with Crippen LogP contribution in [-0.4, -0.2) is 23.7 Å². The van der Waals surface area contributed by atoms with Gasteiger partial charge < -0.3 is 15.7 Å². The molecule has 3 N–H and O–H groups in total. The van der Waals surface area contributed by atoms with Crippen LogP contribution in [0.3, 0.4) is 0 Å². The third kappa shape index (κ3) is 2.81. The Hall–Kier alpha value is -1.56. The monoisotopic (exact) mass is 268 g/mol. The van der Waals surface area contributed by atoms with E-state index in [1.54, 1.807) is 11.3 Å². The molecule has 1 unspecified atom stereocenters. The Morgan fingerprint density at radius 3 is 2.78 bits per heavy atom. The van der Waals surface area contributed by atoms with Crippen LogP contribution in [-0.2, 0) is 4.79 Å². The molecule has 0 aliphatic heterocycles. The van der Waals surface area contributed by atoms with Crippen LogP contribution in [0, 0.1) is 5.41 Å². The second-order valence-electron chi connectivity index (χ2n) is 4.65. The van der Waals surface area contributed by atoms with Crippen LogP contribution >= 0.6 is 11.3 Å². The Morgan fingerprint density at radius 1 is 1.56 bits per heavy atom. The zero-order chi connectivity index (χ0) is 13.2. The summed E-state index contributed by atoms with van der Waals surface area (Å²) in [6, 6.07) is 3.50. The number of carbonyl (C=O) groups excluding carboxylic acids is 1. The van der Waals surface area contributed by atoms with Gasteiger partial charge in [-0.15, -0.1) is 11.3 Å². The van der Waals surface area contributed by atoms with Crippen molar-refractivity contribution in [3.63, 3.8) is 0 Å². The van der Waals surface area contributed by atoms with Crippen molar-refractivity contribution < 1.29 is 14.7 Å². The summed E-state index contributed by atoms with van der Waals surface area (Å²) >= 11 is 1.58. The lowest BCUT2D eigenvalue weighted by atomic mass is 10.1. The smallest absolute Gasteiger partial charge is 0.315 e. The highest BCUT2D eigenvalue weighted by molar-refractivity contribution is 7.10. The van der Waals surface area contributed by atoms with E-state index in [9.17, 15) is 9.59 Å². The summed E-state index contributed by atoms with van der Waals surface area (Å²) in [4.78, 5) is 23.6. The van der Waals surface area contributed by atoms with E-state index in [-0.39, 0.29) is 18.6 Å². The van der Waals surface area contributed by atoms with Crippen molar-refractivity contribution in [2.45, 2.75) is 25.8 Å². The van der Waals surface area contributed by atoms with Crippen LogP contribution in [0.15, 0.2) is 17.5 Å². The number of amides is 2. The van der Waals surface area contributed by atoms with Gasteiger partial charge >= 0.3 is 12.0 Å². The molecule has 0 saturated heterocycles. The van der Waals surface area contributed by atoms with Gasteiger partial charge in [-0.05, 0) is 31.2 Å². The molecule has 1 fully saturated rings. The molecule has 1 aliphatic rings. The number of carboxylic acids is 1. The van der Waals surface area contributed by atoms with Gasteiger partial charge in [0, 0.05) is 11.4 Å². The molecular formula is C12H16N2O3S. The molecule has 1 saturated carbocycles. The van der Waals surface area contributed by atoms with Gasteiger partial charge in [0.15, 0.2) is 0 Å². The van der Waals surface area contributed by atoms with Gasteiger partial charge in [-0.2, -0.15) is 0 Å². The summed E-state index contributed by atoms with van der Waals surface area (Å²) in [5, 5.41) is 16.4. The van der Waals surface area contributed by atoms with Crippen molar-refractivity contribution in [2.24, 2.45) is 5.41 Å². The van der Waals surface area contributed by atoms with Gasteiger partial charge in [-0.3, -0.25) is 4.79 Å². The first kappa shape index (κ1) is 12.9. The zero-order valence-electron chi connectivity index (χ0n) is 10.1. The topological polar surface area (TPSA) is 78.4 Å². The fraction of sp³-hybridized carbons (Fsp3) is 0.500. The van der Waals surface area contributed by atoms with E-state index in [0.717, 1.165) is 4.88 Å². The van der Waals surface area contributed by atoms with Crippen LogP contribution in [0.5, 0.6) is 0 Å². The van der Waals surface area contributed by atoms with E-state index in [0.29, 0.717) is 12.8 Å². The van der Waals surface area contributed by atoms with Crippen molar-refractivity contribution >= 4 is 23.3 Å². The van der Waals surface area contributed by atoms with E-state index in [1.807, 2.05) is 24.4 Å². The number of nitrogens with one attached hydrogen (secondary N) is 2. The van der Waals surface area contributed by atoms with E-state index < -0.39 is 11.4 Å². The minimum absolute atomic E-state index is 0.0648. The van der Waals surface area contributed by atoms with Crippen LogP contribution in [0.2, 0.25) is 0 Å². The lowest BCUT2D eigenvalue weighted by Gasteiger charge is -2.15. The normalized spacial score (nSPS) is 17.8. The molecule has 6 heteroatoms. The Balaban J connectivity index is 1.78. The lowest BCUT2D eigenvalue weighted by molar-refractivity contribution is -0.143. The molecule has 0 spiro atoms. The van der Waals surface area contributed by atoms with Crippen LogP contribution in [0.4, 0.5) is 4.79 Å². The molecule has 1 aromatic rings. The van der Waals surface area contributed by atoms with Gasteiger partial charge in [0.1, 0.15) is 0 Å². The maximum absolute atomic E-state index is 11.6. The van der Waals surface area contributed by atoms with E-state index in [2.05, 4.69) is 10.6 Å². The van der Waals surface area contributed by atoms with E-state index >= 15 is 0 Å². The molecule has 2 rings (SSSR count). The zero-order valence-corrected chi connectivity index (χ0v) is 10.9. The van der Waals surface area contributed by atoms with Gasteiger partial charge in [-0.1, -0.05) is 6.07 Å². The first-order chi connectivity index (χ1) is 8.53. The average Bonchev–Trinajstić information content (AvgIpc) is 2.92. The molecule has 98 valence electrons. The van der Waals surface area contributed by atoms with Gasteiger partial charge in [-0.25, -0.2) is 4.79 Å². The Morgan fingerprint density at radius 2 is 2.28 bits per heavy atom. The number of carboxylic acid groups (broad SMARTS) is 1. The van der Waals surface area contributed by atoms with Crippen molar-refractivity contribution in [3.05, 3.63) is 22.4 Å². The minimum atomic E-state index is -0.825. The van der Waals surface area contributed by atoms with E-state index in [1.165, 1.54) is 0 Å². The fourth-order valence-electron chi connectivity index (χ4n) is 1.72. The molecule has 0 bridgehead atoms. The predicted octanol–water partition coefficient (Wildman–Crippen LogP) is 1.97. The van der Waals surface area contributed by atoms with Crippen molar-refractivity contribution in [3.8, 4) is 0 Å². The fourth-order valence-corrected chi connectivity index (χ4v) is 2.46. The number of hydrogen-bond acceptors (Lipinski definition) is 3. The van der Waals surface area contributed by atoms with Gasteiger partial charge in [0.2, 0.25) is 0 Å². The highest BCUT2D eigenvalue weighted by atomic mass is 32.1. The first-order valence-corrected chi connectivity index (χ1v) is 6.73. The molecule has 18 heavy (non-hydrogen) atoms. The SMILES string of the molecule is CC(NC(=O)NCC1(C(=O)O)CC1)c1cccs1. The van der Waals surface area contributed by atoms with E-state index in [4.69, 9.17) is 5.11 Å². The molecule has 0 aromatic carbocycles. The lowest BCUT2D eigenvalue weighted by Crippen LogP contribution is -2.41. The Kier molecular flexibility index (Phi) is 3.56. The van der Waals surface area contributed by atoms with Gasteiger partial charge in [0.05, 0.1) is 11.5 Å². The molecular weight excluding hydrogens is 252 g/mol. The number of thiophene rings is 1. The molecule has 1 atom stereocenters. The van der Waals surface area contributed by atoms with Crippen LogP contribution in [0.25, 0.3) is 0 Å². The summed E-state index contributed by atoms with van der Waals surface area (Å²) in [7, 11) is 0. The number of urea groups is 1. The summed E-state index contributed by atoms with van der Waals surface area (Å²) in [6.07, 6.45) is 1.28. The maximum atomic E-state index is 11.6. The molecule has 1 aliphatic carbocycles. The predicted molar refractivity (Wildman–Crippen MR) is 68.6 cm³/mol. The van der Waals surface area contributed by atoms with Crippen LogP contribution in [0.1, 0.15) is 30.7 Å². The third-order valence-electron chi connectivity index (χ3n) is 3.21. The second-order valence-corrected chi connectivity index (χ2v) is 5.63. The molecule has 0 radical (unpaired) electrons. The van der Waals surface area contributed by atoms with Crippen molar-refractivity contribution in [1.82, 2.24) is 10.6 Å². The Labute approximate surface area is 109 Å². The van der Waals surface area contributed by atoms with Crippen molar-refractivity contribution in [1.29, 1.82) is 0 Å². The molecule has 5 nitrogen and oxygen atoms in total.